The monoisotopic (exact) mass is 404 g/mol. The molecule has 28 heavy (non-hydrogen) atoms. The van der Waals surface area contributed by atoms with Crippen LogP contribution in [-0.4, -0.2) is 55.5 Å². The van der Waals surface area contributed by atoms with E-state index < -0.39 is 15.6 Å². The van der Waals surface area contributed by atoms with E-state index in [0.29, 0.717) is 30.8 Å². The largest absolute Gasteiger partial charge is 0.444 e. The summed E-state index contributed by atoms with van der Waals surface area (Å²) in [6.45, 7) is 6.47. The highest BCUT2D eigenvalue weighted by molar-refractivity contribution is 7.89. The second-order valence-corrected chi connectivity index (χ2v) is 10.2. The van der Waals surface area contributed by atoms with Crippen molar-refractivity contribution in [3.8, 4) is 0 Å². The lowest BCUT2D eigenvalue weighted by Crippen LogP contribution is -2.48. The molecule has 7 heteroatoms. The number of benzene rings is 2. The van der Waals surface area contributed by atoms with Crippen molar-refractivity contribution < 1.29 is 17.9 Å². The van der Waals surface area contributed by atoms with Crippen molar-refractivity contribution in [1.29, 1.82) is 0 Å². The summed E-state index contributed by atoms with van der Waals surface area (Å²) in [5, 5.41) is 1.91. The molecule has 0 N–H and O–H groups in total. The van der Waals surface area contributed by atoms with Crippen LogP contribution in [-0.2, 0) is 14.8 Å². The Bertz CT molecular complexity index is 958. The zero-order valence-electron chi connectivity index (χ0n) is 16.9. The van der Waals surface area contributed by atoms with Crippen molar-refractivity contribution >= 4 is 26.9 Å². The molecule has 0 spiro atoms. The molecule has 0 aromatic heterocycles. The third kappa shape index (κ3) is 4.47. The van der Waals surface area contributed by atoms with Gasteiger partial charge < -0.3 is 9.64 Å². The number of piperidine rings is 1. The Morgan fingerprint density at radius 1 is 1.07 bits per heavy atom. The maximum absolute atomic E-state index is 13.1. The van der Waals surface area contributed by atoms with E-state index in [1.165, 1.54) is 4.31 Å². The number of hydrogen-bond donors (Lipinski definition) is 0. The molecule has 0 bridgehead atoms. The van der Waals surface area contributed by atoms with E-state index >= 15 is 0 Å². The van der Waals surface area contributed by atoms with Crippen LogP contribution >= 0.6 is 0 Å². The first kappa shape index (κ1) is 20.6. The quantitative estimate of drug-likeness (QED) is 0.779. The Morgan fingerprint density at radius 3 is 2.29 bits per heavy atom. The SMILES string of the molecule is CN(C1CCN(C(=O)OC(C)(C)C)CC1)S(=O)(=O)c1ccc2ccccc2c1. The van der Waals surface area contributed by atoms with Crippen molar-refractivity contribution in [2.75, 3.05) is 20.1 Å². The third-order valence-electron chi connectivity index (χ3n) is 5.03. The van der Waals surface area contributed by atoms with E-state index in [-0.39, 0.29) is 12.1 Å². The van der Waals surface area contributed by atoms with Gasteiger partial charge in [0.05, 0.1) is 4.90 Å². The molecule has 6 nitrogen and oxygen atoms in total. The summed E-state index contributed by atoms with van der Waals surface area (Å²) in [7, 11) is -1.97. The second kappa shape index (κ2) is 7.72. The van der Waals surface area contributed by atoms with Gasteiger partial charge in [0.25, 0.3) is 0 Å². The van der Waals surface area contributed by atoms with Gasteiger partial charge in [-0.1, -0.05) is 30.3 Å². The molecule has 1 saturated heterocycles. The minimum absolute atomic E-state index is 0.143. The Balaban J connectivity index is 1.69. The molecule has 0 saturated carbocycles. The van der Waals surface area contributed by atoms with Gasteiger partial charge in [-0.25, -0.2) is 13.2 Å². The van der Waals surface area contributed by atoms with E-state index in [0.717, 1.165) is 10.8 Å². The Kier molecular flexibility index (Phi) is 5.68. The van der Waals surface area contributed by atoms with Crippen LogP contribution in [0.3, 0.4) is 0 Å². The molecule has 152 valence electrons. The fourth-order valence-corrected chi connectivity index (χ4v) is 4.88. The highest BCUT2D eigenvalue weighted by atomic mass is 32.2. The van der Waals surface area contributed by atoms with Gasteiger partial charge in [0.2, 0.25) is 10.0 Å². The zero-order valence-corrected chi connectivity index (χ0v) is 17.7. The molecule has 1 aliphatic heterocycles. The fraction of sp³-hybridized carbons (Fsp3) is 0.476. The number of ether oxygens (including phenoxy) is 1. The minimum Gasteiger partial charge on any atom is -0.444 e. The molecule has 1 amide bonds. The summed E-state index contributed by atoms with van der Waals surface area (Å²) in [5.74, 6) is 0. The lowest BCUT2D eigenvalue weighted by Gasteiger charge is -2.36. The number of fused-ring (bicyclic) bond motifs is 1. The van der Waals surface area contributed by atoms with E-state index in [2.05, 4.69) is 0 Å². The summed E-state index contributed by atoms with van der Waals surface area (Å²) in [5.41, 5.74) is -0.538. The second-order valence-electron chi connectivity index (χ2n) is 8.23. The predicted molar refractivity (Wildman–Crippen MR) is 110 cm³/mol. The van der Waals surface area contributed by atoms with Crippen molar-refractivity contribution in [1.82, 2.24) is 9.21 Å². The molecule has 0 radical (unpaired) electrons. The summed E-state index contributed by atoms with van der Waals surface area (Å²) in [6, 6.07) is 12.8. The lowest BCUT2D eigenvalue weighted by atomic mass is 10.1. The van der Waals surface area contributed by atoms with Gasteiger partial charge in [0, 0.05) is 26.2 Å². The van der Waals surface area contributed by atoms with Crippen molar-refractivity contribution in [3.05, 3.63) is 42.5 Å². The lowest BCUT2D eigenvalue weighted by molar-refractivity contribution is 0.0183. The number of hydrogen-bond acceptors (Lipinski definition) is 4. The molecule has 1 fully saturated rings. The molecule has 0 aliphatic carbocycles. The average Bonchev–Trinajstić information content (AvgIpc) is 2.65. The molecule has 1 aliphatic rings. The minimum atomic E-state index is -3.60. The molecular weight excluding hydrogens is 376 g/mol. The van der Waals surface area contributed by atoms with Crippen molar-refractivity contribution in [2.45, 2.75) is 50.2 Å². The van der Waals surface area contributed by atoms with Gasteiger partial charge in [0.1, 0.15) is 5.60 Å². The third-order valence-corrected chi connectivity index (χ3v) is 6.93. The van der Waals surface area contributed by atoms with Crippen LogP contribution in [0.2, 0.25) is 0 Å². The van der Waals surface area contributed by atoms with Gasteiger partial charge in [-0.2, -0.15) is 4.31 Å². The highest BCUT2D eigenvalue weighted by Gasteiger charge is 2.33. The first-order valence-electron chi connectivity index (χ1n) is 9.53. The molecule has 2 aromatic rings. The van der Waals surface area contributed by atoms with E-state index in [4.69, 9.17) is 4.74 Å². The first-order chi connectivity index (χ1) is 13.1. The van der Waals surface area contributed by atoms with Crippen molar-refractivity contribution in [3.63, 3.8) is 0 Å². The smallest absolute Gasteiger partial charge is 0.410 e. The summed E-state index contributed by atoms with van der Waals surface area (Å²) >= 11 is 0. The average molecular weight is 405 g/mol. The summed E-state index contributed by atoms with van der Waals surface area (Å²) < 4.78 is 33.1. The number of carbonyl (C=O) groups excluding carboxylic acids is 1. The number of carbonyl (C=O) groups is 1. The van der Waals surface area contributed by atoms with Crippen LogP contribution in [0.15, 0.2) is 47.4 Å². The summed E-state index contributed by atoms with van der Waals surface area (Å²) in [6.07, 6.45) is 0.830. The van der Waals surface area contributed by atoms with Crippen LogP contribution in [0, 0.1) is 0 Å². The fourth-order valence-electron chi connectivity index (χ4n) is 3.43. The van der Waals surface area contributed by atoms with Crippen LogP contribution in [0.25, 0.3) is 10.8 Å². The molecule has 0 atom stereocenters. The van der Waals surface area contributed by atoms with Crippen LogP contribution in [0.5, 0.6) is 0 Å². The number of sulfonamides is 1. The number of amides is 1. The van der Waals surface area contributed by atoms with Gasteiger partial charge in [0.15, 0.2) is 0 Å². The van der Waals surface area contributed by atoms with Gasteiger partial charge in [-0.15, -0.1) is 0 Å². The Labute approximate surface area is 167 Å². The molecular formula is C21H28N2O4S. The molecule has 2 aromatic carbocycles. The maximum Gasteiger partial charge on any atom is 0.410 e. The van der Waals surface area contributed by atoms with E-state index in [1.807, 2.05) is 51.1 Å². The maximum atomic E-state index is 13.1. The Morgan fingerprint density at radius 2 is 1.68 bits per heavy atom. The number of rotatable bonds is 3. The van der Waals surface area contributed by atoms with Crippen molar-refractivity contribution in [2.24, 2.45) is 0 Å². The van der Waals surface area contributed by atoms with Gasteiger partial charge >= 0.3 is 6.09 Å². The normalized spacial score (nSPS) is 16.5. The van der Waals surface area contributed by atoms with Gasteiger partial charge in [-0.05, 0) is 56.5 Å². The first-order valence-corrected chi connectivity index (χ1v) is 11.0. The Hall–Kier alpha value is -2.12. The zero-order chi connectivity index (χ0) is 20.5. The van der Waals surface area contributed by atoms with Crippen LogP contribution in [0.1, 0.15) is 33.6 Å². The van der Waals surface area contributed by atoms with E-state index in [9.17, 15) is 13.2 Å². The topological polar surface area (TPSA) is 66.9 Å². The number of likely N-dealkylation sites (tertiary alicyclic amines) is 1. The molecule has 0 unspecified atom stereocenters. The highest BCUT2D eigenvalue weighted by Crippen LogP contribution is 2.26. The van der Waals surface area contributed by atoms with Gasteiger partial charge in [-0.3, -0.25) is 0 Å². The van der Waals surface area contributed by atoms with Crippen LogP contribution in [0.4, 0.5) is 4.79 Å². The summed E-state index contributed by atoms with van der Waals surface area (Å²) in [4.78, 5) is 14.2. The predicted octanol–water partition coefficient (Wildman–Crippen LogP) is 3.86. The van der Waals surface area contributed by atoms with Crippen LogP contribution < -0.4 is 0 Å². The standard InChI is InChI=1S/C21H28N2O4S/c1-21(2,3)27-20(24)23-13-11-18(12-14-23)22(4)28(25,26)19-10-9-16-7-5-6-8-17(16)15-19/h5-10,15,18H,11-14H2,1-4H3. The molecule has 3 rings (SSSR count). The van der Waals surface area contributed by atoms with E-state index in [1.54, 1.807) is 24.1 Å². The number of nitrogens with zero attached hydrogens (tertiary/aromatic N) is 2. The molecule has 1 heterocycles.